The molecule has 0 saturated carbocycles. The van der Waals surface area contributed by atoms with Gasteiger partial charge in [0.15, 0.2) is 0 Å². The summed E-state index contributed by atoms with van der Waals surface area (Å²) in [6.07, 6.45) is 4.49. The maximum Gasteiger partial charge on any atom is 0.220 e. The summed E-state index contributed by atoms with van der Waals surface area (Å²) in [7, 11) is 0. The summed E-state index contributed by atoms with van der Waals surface area (Å²) in [5, 5.41) is 3.90. The van der Waals surface area contributed by atoms with Crippen molar-refractivity contribution in [3.8, 4) is 0 Å². The number of hydrogen-bond donors (Lipinski definition) is 1. The van der Waals surface area contributed by atoms with E-state index in [4.69, 9.17) is 23.2 Å². The summed E-state index contributed by atoms with van der Waals surface area (Å²) in [5.41, 5.74) is 1.98. The van der Waals surface area contributed by atoms with E-state index in [0.717, 1.165) is 11.1 Å². The maximum atomic E-state index is 11.8. The van der Waals surface area contributed by atoms with Crippen LogP contribution in [0.2, 0.25) is 10.0 Å². The summed E-state index contributed by atoms with van der Waals surface area (Å²) < 4.78 is 0. The van der Waals surface area contributed by atoms with E-state index in [9.17, 15) is 4.79 Å². The Kier molecular flexibility index (Phi) is 5.39. The number of nitrogens with one attached hydrogen (secondary N) is 1. The Labute approximate surface area is 127 Å². The third kappa shape index (κ3) is 4.51. The lowest BCUT2D eigenvalue weighted by atomic mass is 10.1. The molecule has 0 saturated heterocycles. The van der Waals surface area contributed by atoms with Crippen LogP contribution in [0.15, 0.2) is 42.7 Å². The Morgan fingerprint density at radius 2 is 2.00 bits per heavy atom. The standard InChI is InChI=1S/C15H14Cl2N2O/c16-13-5-3-11(8-14(13)17)4-6-15(20)19-10-12-2-1-7-18-9-12/h1-3,5,7-9H,4,6,10H2,(H,19,20). The second-order valence-corrected chi connectivity index (χ2v) is 5.20. The zero-order chi connectivity index (χ0) is 14.4. The van der Waals surface area contributed by atoms with E-state index in [1.54, 1.807) is 24.5 Å². The van der Waals surface area contributed by atoms with E-state index in [1.165, 1.54) is 0 Å². The molecule has 5 heteroatoms. The summed E-state index contributed by atoms with van der Waals surface area (Å²) in [5.74, 6) is -0.0000690. The first-order valence-electron chi connectivity index (χ1n) is 6.24. The van der Waals surface area contributed by atoms with Gasteiger partial charge in [-0.15, -0.1) is 0 Å². The molecule has 0 aliphatic carbocycles. The van der Waals surface area contributed by atoms with E-state index in [-0.39, 0.29) is 5.91 Å². The highest BCUT2D eigenvalue weighted by molar-refractivity contribution is 6.42. The van der Waals surface area contributed by atoms with Crippen molar-refractivity contribution in [2.24, 2.45) is 0 Å². The number of rotatable bonds is 5. The smallest absolute Gasteiger partial charge is 0.220 e. The number of nitrogens with zero attached hydrogens (tertiary/aromatic N) is 1. The number of aryl methyl sites for hydroxylation is 1. The van der Waals surface area contributed by atoms with Crippen LogP contribution in [0.25, 0.3) is 0 Å². The molecular formula is C15H14Cl2N2O. The molecule has 1 amide bonds. The molecule has 1 N–H and O–H groups in total. The number of amides is 1. The quantitative estimate of drug-likeness (QED) is 0.916. The van der Waals surface area contributed by atoms with Crippen molar-refractivity contribution in [2.45, 2.75) is 19.4 Å². The first kappa shape index (κ1) is 14.8. The minimum atomic E-state index is -0.0000690. The van der Waals surface area contributed by atoms with Crippen LogP contribution in [0.4, 0.5) is 0 Å². The molecule has 1 aromatic heterocycles. The molecule has 0 fully saturated rings. The summed E-state index contributed by atoms with van der Waals surface area (Å²) in [4.78, 5) is 15.7. The van der Waals surface area contributed by atoms with Crippen molar-refractivity contribution in [2.75, 3.05) is 0 Å². The topological polar surface area (TPSA) is 42.0 Å². The second kappa shape index (κ2) is 7.27. The van der Waals surface area contributed by atoms with E-state index in [2.05, 4.69) is 10.3 Å². The third-order valence-corrected chi connectivity index (χ3v) is 3.58. The fraction of sp³-hybridized carbons (Fsp3) is 0.200. The van der Waals surface area contributed by atoms with Gasteiger partial charge >= 0.3 is 0 Å². The van der Waals surface area contributed by atoms with E-state index < -0.39 is 0 Å². The molecule has 0 bridgehead atoms. The van der Waals surface area contributed by atoms with Gasteiger partial charge < -0.3 is 5.32 Å². The highest BCUT2D eigenvalue weighted by atomic mass is 35.5. The molecule has 0 aliphatic rings. The molecule has 0 aliphatic heterocycles. The van der Waals surface area contributed by atoms with Gasteiger partial charge in [-0.2, -0.15) is 0 Å². The molecule has 0 unspecified atom stereocenters. The molecule has 104 valence electrons. The van der Waals surface area contributed by atoms with Crippen LogP contribution in [0.5, 0.6) is 0 Å². The van der Waals surface area contributed by atoms with Gasteiger partial charge in [-0.05, 0) is 35.7 Å². The average molecular weight is 309 g/mol. The maximum absolute atomic E-state index is 11.8. The van der Waals surface area contributed by atoms with Crippen molar-refractivity contribution in [1.82, 2.24) is 10.3 Å². The van der Waals surface area contributed by atoms with Gasteiger partial charge in [0.1, 0.15) is 0 Å². The SMILES string of the molecule is O=C(CCc1ccc(Cl)c(Cl)c1)NCc1cccnc1. The second-order valence-electron chi connectivity index (χ2n) is 4.39. The van der Waals surface area contributed by atoms with Gasteiger partial charge in [-0.25, -0.2) is 0 Å². The highest BCUT2D eigenvalue weighted by Gasteiger charge is 2.04. The van der Waals surface area contributed by atoms with Crippen LogP contribution in [0.3, 0.4) is 0 Å². The third-order valence-electron chi connectivity index (χ3n) is 2.84. The zero-order valence-electron chi connectivity index (χ0n) is 10.8. The fourth-order valence-electron chi connectivity index (χ4n) is 1.74. The Hall–Kier alpha value is -1.58. The van der Waals surface area contributed by atoms with Gasteiger partial charge in [0.05, 0.1) is 10.0 Å². The Balaban J connectivity index is 1.79. The molecule has 2 rings (SSSR count). The van der Waals surface area contributed by atoms with Crippen LogP contribution in [0.1, 0.15) is 17.5 Å². The number of carbonyl (C=O) groups is 1. The van der Waals surface area contributed by atoms with E-state index >= 15 is 0 Å². The fourth-order valence-corrected chi connectivity index (χ4v) is 2.07. The lowest BCUT2D eigenvalue weighted by Crippen LogP contribution is -2.23. The zero-order valence-corrected chi connectivity index (χ0v) is 12.3. The Morgan fingerprint density at radius 3 is 2.70 bits per heavy atom. The molecule has 0 spiro atoms. The molecule has 1 aromatic carbocycles. The number of carbonyl (C=O) groups excluding carboxylic acids is 1. The normalized spacial score (nSPS) is 10.3. The van der Waals surface area contributed by atoms with Crippen LogP contribution in [0, 0.1) is 0 Å². The lowest BCUT2D eigenvalue weighted by molar-refractivity contribution is -0.121. The van der Waals surface area contributed by atoms with Crippen LogP contribution >= 0.6 is 23.2 Å². The van der Waals surface area contributed by atoms with Gasteiger partial charge in [0.25, 0.3) is 0 Å². The molecular weight excluding hydrogens is 295 g/mol. The van der Waals surface area contributed by atoms with Crippen molar-refractivity contribution < 1.29 is 4.79 Å². The average Bonchev–Trinajstić information content (AvgIpc) is 2.47. The summed E-state index contributed by atoms with van der Waals surface area (Å²) in [6.45, 7) is 0.494. The minimum Gasteiger partial charge on any atom is -0.352 e. The molecule has 0 atom stereocenters. The molecule has 2 aromatic rings. The first-order chi connectivity index (χ1) is 9.65. The van der Waals surface area contributed by atoms with Crippen molar-refractivity contribution in [3.05, 3.63) is 63.9 Å². The highest BCUT2D eigenvalue weighted by Crippen LogP contribution is 2.23. The van der Waals surface area contributed by atoms with Crippen LogP contribution < -0.4 is 5.32 Å². The summed E-state index contributed by atoms with van der Waals surface area (Å²) >= 11 is 11.8. The number of benzene rings is 1. The van der Waals surface area contributed by atoms with Crippen molar-refractivity contribution >= 4 is 29.1 Å². The molecule has 20 heavy (non-hydrogen) atoms. The van der Waals surface area contributed by atoms with E-state index in [0.29, 0.717) is 29.4 Å². The van der Waals surface area contributed by atoms with Crippen molar-refractivity contribution in [1.29, 1.82) is 0 Å². The number of halogens is 2. The van der Waals surface area contributed by atoms with Gasteiger partial charge in [0.2, 0.25) is 5.91 Å². The van der Waals surface area contributed by atoms with Gasteiger partial charge in [0, 0.05) is 25.4 Å². The molecule has 1 heterocycles. The van der Waals surface area contributed by atoms with Crippen LogP contribution in [-0.2, 0) is 17.8 Å². The van der Waals surface area contributed by atoms with Gasteiger partial charge in [-0.3, -0.25) is 9.78 Å². The minimum absolute atomic E-state index is 0.0000690. The Morgan fingerprint density at radius 1 is 1.15 bits per heavy atom. The largest absolute Gasteiger partial charge is 0.352 e. The summed E-state index contributed by atoms with van der Waals surface area (Å²) in [6, 6.07) is 9.18. The van der Waals surface area contributed by atoms with Crippen molar-refractivity contribution in [3.63, 3.8) is 0 Å². The van der Waals surface area contributed by atoms with Crippen LogP contribution in [-0.4, -0.2) is 10.9 Å². The number of aromatic nitrogens is 1. The molecule has 0 radical (unpaired) electrons. The first-order valence-corrected chi connectivity index (χ1v) is 7.00. The predicted octanol–water partition coefficient (Wildman–Crippen LogP) is 3.64. The number of pyridine rings is 1. The van der Waals surface area contributed by atoms with Gasteiger partial charge in [-0.1, -0.05) is 35.3 Å². The molecule has 3 nitrogen and oxygen atoms in total. The lowest BCUT2D eigenvalue weighted by Gasteiger charge is -2.06. The Bertz CT molecular complexity index is 588. The number of hydrogen-bond acceptors (Lipinski definition) is 2. The predicted molar refractivity (Wildman–Crippen MR) is 80.9 cm³/mol. The van der Waals surface area contributed by atoms with E-state index in [1.807, 2.05) is 18.2 Å². The monoisotopic (exact) mass is 308 g/mol.